The van der Waals surface area contributed by atoms with Crippen molar-refractivity contribution in [2.45, 2.75) is 31.9 Å². The Morgan fingerprint density at radius 1 is 1.11 bits per heavy atom. The monoisotopic (exact) mass is 384 g/mol. The highest BCUT2D eigenvalue weighted by Gasteiger charge is 2.15. The number of hydrogen-bond acceptors (Lipinski definition) is 4. The zero-order valence-corrected chi connectivity index (χ0v) is 15.5. The van der Waals surface area contributed by atoms with E-state index in [1.165, 1.54) is 12.1 Å². The smallest absolute Gasteiger partial charge is 0.335 e. The Hall–Kier alpha value is -3.06. The van der Waals surface area contributed by atoms with Gasteiger partial charge in [0.05, 0.1) is 17.4 Å². The molecule has 1 unspecified atom stereocenters. The van der Waals surface area contributed by atoms with Gasteiger partial charge in [0.25, 0.3) is 0 Å². The number of carboxylic acid groups (broad SMARTS) is 1. The van der Waals surface area contributed by atoms with Crippen LogP contribution in [-0.4, -0.2) is 36.4 Å². The lowest BCUT2D eigenvalue weighted by molar-refractivity contribution is -0.0109. The fraction of sp³-hybridized carbons (Fsp3) is 0.333. The average molecular weight is 384 g/mol. The highest BCUT2D eigenvalue weighted by atomic mass is 16.5. The first kappa shape index (κ1) is 19.7. The molecule has 1 heterocycles. The number of anilines is 1. The molecule has 7 nitrogen and oxygen atoms in total. The molecule has 1 aliphatic heterocycles. The number of carbonyl (C=O) groups is 2. The van der Waals surface area contributed by atoms with E-state index in [4.69, 9.17) is 14.6 Å². The molecule has 3 N–H and O–H groups in total. The van der Waals surface area contributed by atoms with Gasteiger partial charge < -0.3 is 25.2 Å². The van der Waals surface area contributed by atoms with E-state index in [9.17, 15) is 9.59 Å². The maximum absolute atomic E-state index is 12.2. The molecule has 3 rings (SSSR count). The molecular weight excluding hydrogens is 360 g/mol. The van der Waals surface area contributed by atoms with Gasteiger partial charge in [0.15, 0.2) is 0 Å². The summed E-state index contributed by atoms with van der Waals surface area (Å²) in [6.07, 6.45) is 3.30. The predicted molar refractivity (Wildman–Crippen MR) is 105 cm³/mol. The van der Waals surface area contributed by atoms with Gasteiger partial charge in [-0.05, 0) is 49.1 Å². The number of carboxylic acids is 1. The molecule has 0 bridgehead atoms. The maximum atomic E-state index is 12.2. The molecule has 7 heteroatoms. The van der Waals surface area contributed by atoms with Crippen molar-refractivity contribution in [2.75, 3.05) is 18.5 Å². The van der Waals surface area contributed by atoms with Crippen molar-refractivity contribution >= 4 is 17.7 Å². The Labute approximate surface area is 163 Å². The van der Waals surface area contributed by atoms with Crippen molar-refractivity contribution in [3.05, 3.63) is 59.7 Å². The van der Waals surface area contributed by atoms with Gasteiger partial charge >= 0.3 is 12.0 Å². The summed E-state index contributed by atoms with van der Waals surface area (Å²) >= 11 is 0. The standard InChI is InChI=1S/C21H24N2O5/c24-20(25)16-10-8-15(9-11-16)13-22-21(26)23-18-6-1-2-7-19(18)28-14-17-5-3-4-12-27-17/h1-2,6-11,17H,3-5,12-14H2,(H,24,25)(H2,22,23,26). The van der Waals surface area contributed by atoms with E-state index < -0.39 is 5.97 Å². The predicted octanol–water partition coefficient (Wildman–Crippen LogP) is 3.65. The zero-order chi connectivity index (χ0) is 19.8. The number of para-hydroxylation sites is 2. The van der Waals surface area contributed by atoms with E-state index in [0.717, 1.165) is 31.4 Å². The number of urea groups is 1. The maximum Gasteiger partial charge on any atom is 0.335 e. The first-order valence-corrected chi connectivity index (χ1v) is 9.32. The van der Waals surface area contributed by atoms with Crippen LogP contribution in [0.15, 0.2) is 48.5 Å². The molecule has 148 valence electrons. The normalized spacial score (nSPS) is 16.2. The first-order valence-electron chi connectivity index (χ1n) is 9.32. The minimum Gasteiger partial charge on any atom is -0.489 e. The Kier molecular flexibility index (Phi) is 6.86. The fourth-order valence-corrected chi connectivity index (χ4v) is 2.93. The molecule has 28 heavy (non-hydrogen) atoms. The van der Waals surface area contributed by atoms with Gasteiger partial charge in [0.1, 0.15) is 12.4 Å². The van der Waals surface area contributed by atoms with Crippen molar-refractivity contribution in [2.24, 2.45) is 0 Å². The van der Waals surface area contributed by atoms with Crippen LogP contribution < -0.4 is 15.4 Å². The third-order valence-corrected chi connectivity index (χ3v) is 4.49. The summed E-state index contributed by atoms with van der Waals surface area (Å²) in [5.41, 5.74) is 1.59. The summed E-state index contributed by atoms with van der Waals surface area (Å²) in [6, 6.07) is 13.2. The summed E-state index contributed by atoms with van der Waals surface area (Å²) in [7, 11) is 0. The summed E-state index contributed by atoms with van der Waals surface area (Å²) in [4.78, 5) is 23.1. The lowest BCUT2D eigenvalue weighted by atomic mass is 10.1. The Morgan fingerprint density at radius 3 is 2.61 bits per heavy atom. The van der Waals surface area contributed by atoms with Crippen LogP contribution in [0.2, 0.25) is 0 Å². The second kappa shape index (κ2) is 9.75. The van der Waals surface area contributed by atoms with Crippen molar-refractivity contribution in [1.29, 1.82) is 0 Å². The minimum absolute atomic E-state index is 0.0874. The second-order valence-electron chi connectivity index (χ2n) is 6.61. The lowest BCUT2D eigenvalue weighted by Crippen LogP contribution is -2.29. The Bertz CT molecular complexity index is 801. The molecule has 1 fully saturated rings. The van der Waals surface area contributed by atoms with Crippen LogP contribution in [0.4, 0.5) is 10.5 Å². The van der Waals surface area contributed by atoms with Crippen LogP contribution in [0.1, 0.15) is 35.2 Å². The van der Waals surface area contributed by atoms with Crippen LogP contribution in [0.5, 0.6) is 5.75 Å². The summed E-state index contributed by atoms with van der Waals surface area (Å²) in [5.74, 6) is -0.384. The molecular formula is C21H24N2O5. The van der Waals surface area contributed by atoms with Crippen LogP contribution >= 0.6 is 0 Å². The van der Waals surface area contributed by atoms with Gasteiger partial charge in [0, 0.05) is 13.2 Å². The Balaban J connectivity index is 1.51. The number of amides is 2. The van der Waals surface area contributed by atoms with Gasteiger partial charge in [-0.25, -0.2) is 9.59 Å². The minimum atomic E-state index is -0.979. The molecule has 0 aromatic heterocycles. The highest BCUT2D eigenvalue weighted by molar-refractivity contribution is 5.91. The van der Waals surface area contributed by atoms with E-state index in [2.05, 4.69) is 10.6 Å². The third-order valence-electron chi connectivity index (χ3n) is 4.49. The molecule has 2 amide bonds. The molecule has 0 radical (unpaired) electrons. The van der Waals surface area contributed by atoms with Crippen LogP contribution in [0.3, 0.4) is 0 Å². The zero-order valence-electron chi connectivity index (χ0n) is 15.5. The van der Waals surface area contributed by atoms with E-state index >= 15 is 0 Å². The lowest BCUT2D eigenvalue weighted by Gasteiger charge is -2.23. The summed E-state index contributed by atoms with van der Waals surface area (Å²) in [6.45, 7) is 1.50. The Morgan fingerprint density at radius 2 is 1.89 bits per heavy atom. The number of rotatable bonds is 7. The number of benzene rings is 2. The molecule has 2 aromatic carbocycles. The van der Waals surface area contributed by atoms with E-state index in [0.29, 0.717) is 18.0 Å². The number of aromatic carboxylic acids is 1. The van der Waals surface area contributed by atoms with Gasteiger partial charge in [-0.3, -0.25) is 0 Å². The van der Waals surface area contributed by atoms with Gasteiger partial charge in [-0.1, -0.05) is 24.3 Å². The quantitative estimate of drug-likeness (QED) is 0.677. The molecule has 1 saturated heterocycles. The first-order chi connectivity index (χ1) is 13.6. The third kappa shape index (κ3) is 5.72. The van der Waals surface area contributed by atoms with E-state index in [1.54, 1.807) is 18.2 Å². The van der Waals surface area contributed by atoms with Gasteiger partial charge in [-0.15, -0.1) is 0 Å². The number of nitrogens with one attached hydrogen (secondary N) is 2. The topological polar surface area (TPSA) is 96.9 Å². The largest absolute Gasteiger partial charge is 0.489 e. The van der Waals surface area contributed by atoms with E-state index in [1.807, 2.05) is 18.2 Å². The van der Waals surface area contributed by atoms with Crippen molar-refractivity contribution in [3.8, 4) is 5.75 Å². The van der Waals surface area contributed by atoms with Crippen molar-refractivity contribution < 1.29 is 24.2 Å². The van der Waals surface area contributed by atoms with Crippen LogP contribution in [0, 0.1) is 0 Å². The van der Waals surface area contributed by atoms with Crippen molar-refractivity contribution in [3.63, 3.8) is 0 Å². The molecule has 1 atom stereocenters. The second-order valence-corrected chi connectivity index (χ2v) is 6.61. The SMILES string of the molecule is O=C(NCc1ccc(C(=O)O)cc1)Nc1ccccc1OCC1CCCCO1. The van der Waals surface area contributed by atoms with Gasteiger partial charge in [-0.2, -0.15) is 0 Å². The van der Waals surface area contributed by atoms with Crippen molar-refractivity contribution in [1.82, 2.24) is 5.32 Å². The highest BCUT2D eigenvalue weighted by Crippen LogP contribution is 2.25. The van der Waals surface area contributed by atoms with Crippen LogP contribution in [0.25, 0.3) is 0 Å². The molecule has 2 aromatic rings. The number of carbonyl (C=O) groups excluding carboxylic acids is 1. The average Bonchev–Trinajstić information content (AvgIpc) is 2.72. The number of ether oxygens (including phenoxy) is 2. The molecule has 0 saturated carbocycles. The van der Waals surface area contributed by atoms with Crippen LogP contribution in [-0.2, 0) is 11.3 Å². The summed E-state index contributed by atoms with van der Waals surface area (Å²) in [5, 5.41) is 14.5. The summed E-state index contributed by atoms with van der Waals surface area (Å²) < 4.78 is 11.5. The van der Waals surface area contributed by atoms with Gasteiger partial charge in [0.2, 0.25) is 0 Å². The molecule has 0 aliphatic carbocycles. The molecule has 0 spiro atoms. The molecule has 1 aliphatic rings. The fourth-order valence-electron chi connectivity index (χ4n) is 2.93. The number of hydrogen-bond donors (Lipinski definition) is 3. The van der Waals surface area contributed by atoms with E-state index in [-0.39, 0.29) is 24.2 Å².